The maximum atomic E-state index is 12.3. The number of nitrogens with zero attached hydrogens (tertiary/aromatic N) is 1. The first-order chi connectivity index (χ1) is 9.51. The van der Waals surface area contributed by atoms with Crippen LogP contribution in [0.4, 0.5) is 0 Å². The van der Waals surface area contributed by atoms with Crippen LogP contribution in [0, 0.1) is 0 Å². The van der Waals surface area contributed by atoms with Crippen molar-refractivity contribution < 1.29 is 14.3 Å². The second-order valence-corrected chi connectivity index (χ2v) is 5.65. The zero-order valence-corrected chi connectivity index (χ0v) is 13.1. The van der Waals surface area contributed by atoms with E-state index in [-0.39, 0.29) is 30.0 Å². The molecule has 0 spiro atoms. The number of hydrogen-bond acceptors (Lipinski definition) is 4. The van der Waals surface area contributed by atoms with Crippen LogP contribution in [0.3, 0.4) is 0 Å². The van der Waals surface area contributed by atoms with Gasteiger partial charge in [0, 0.05) is 6.04 Å². The molecule has 0 aromatic carbocycles. The van der Waals surface area contributed by atoms with Crippen LogP contribution in [0.2, 0.25) is 0 Å². The molecule has 0 radical (unpaired) electrons. The molecule has 1 heterocycles. The highest BCUT2D eigenvalue weighted by Crippen LogP contribution is 2.20. The van der Waals surface area contributed by atoms with Crippen LogP contribution >= 0.6 is 0 Å². The van der Waals surface area contributed by atoms with Gasteiger partial charge in [-0.3, -0.25) is 14.5 Å². The van der Waals surface area contributed by atoms with Gasteiger partial charge in [0.25, 0.3) is 0 Å². The molecule has 1 aliphatic heterocycles. The summed E-state index contributed by atoms with van der Waals surface area (Å²) in [4.78, 5) is 26.1. The molecule has 1 aliphatic rings. The summed E-state index contributed by atoms with van der Waals surface area (Å²) in [5, 5.41) is 3.02. The third kappa shape index (κ3) is 4.47. The molecule has 5 heteroatoms. The molecule has 3 atom stereocenters. The molecule has 0 aromatic rings. The topological polar surface area (TPSA) is 58.6 Å². The van der Waals surface area contributed by atoms with Crippen molar-refractivity contribution in [2.45, 2.75) is 71.0 Å². The van der Waals surface area contributed by atoms with Gasteiger partial charge in [-0.05, 0) is 39.7 Å². The van der Waals surface area contributed by atoms with E-state index in [4.69, 9.17) is 4.74 Å². The maximum absolute atomic E-state index is 12.3. The van der Waals surface area contributed by atoms with Crippen molar-refractivity contribution in [3.63, 3.8) is 0 Å². The van der Waals surface area contributed by atoms with E-state index in [1.54, 1.807) is 0 Å². The minimum atomic E-state index is -0.293. The van der Waals surface area contributed by atoms with Gasteiger partial charge in [-0.2, -0.15) is 0 Å². The Morgan fingerprint density at radius 1 is 1.35 bits per heavy atom. The van der Waals surface area contributed by atoms with Gasteiger partial charge >= 0.3 is 5.97 Å². The fourth-order valence-corrected chi connectivity index (χ4v) is 2.83. The predicted octanol–water partition coefficient (Wildman–Crippen LogP) is 1.71. The number of piperidine rings is 1. The van der Waals surface area contributed by atoms with Crippen molar-refractivity contribution >= 4 is 11.9 Å². The van der Waals surface area contributed by atoms with Crippen molar-refractivity contribution in [2.75, 3.05) is 13.7 Å². The van der Waals surface area contributed by atoms with Gasteiger partial charge in [-0.1, -0.05) is 19.8 Å². The van der Waals surface area contributed by atoms with Crippen LogP contribution in [0.5, 0.6) is 0 Å². The van der Waals surface area contributed by atoms with E-state index >= 15 is 0 Å². The number of hydrogen-bond donors (Lipinski definition) is 1. The monoisotopic (exact) mass is 284 g/mol. The zero-order chi connectivity index (χ0) is 15.1. The number of carbonyl (C=O) groups is 2. The van der Waals surface area contributed by atoms with Crippen LogP contribution < -0.4 is 5.32 Å². The number of ether oxygens (including phenoxy) is 1. The molecular formula is C15H28N2O3. The molecular weight excluding hydrogens is 256 g/mol. The largest absolute Gasteiger partial charge is 0.468 e. The molecule has 1 N–H and O–H groups in total. The summed E-state index contributed by atoms with van der Waals surface area (Å²) in [6.07, 6.45) is 4.82. The predicted molar refractivity (Wildman–Crippen MR) is 78.3 cm³/mol. The molecule has 0 aliphatic carbocycles. The van der Waals surface area contributed by atoms with Crippen LogP contribution in [0.1, 0.15) is 52.9 Å². The van der Waals surface area contributed by atoms with Crippen molar-refractivity contribution in [1.82, 2.24) is 10.2 Å². The fraction of sp³-hybridized carbons (Fsp3) is 0.867. The Morgan fingerprint density at radius 2 is 2.05 bits per heavy atom. The van der Waals surface area contributed by atoms with Crippen LogP contribution in [0.15, 0.2) is 0 Å². The van der Waals surface area contributed by atoms with E-state index in [9.17, 15) is 9.59 Å². The molecule has 116 valence electrons. The first-order valence-corrected chi connectivity index (χ1v) is 7.65. The van der Waals surface area contributed by atoms with E-state index in [2.05, 4.69) is 12.2 Å². The van der Waals surface area contributed by atoms with Crippen molar-refractivity contribution in [1.29, 1.82) is 0 Å². The Labute approximate surface area is 122 Å². The Hall–Kier alpha value is -1.10. The van der Waals surface area contributed by atoms with Gasteiger partial charge in [0.2, 0.25) is 5.91 Å². The number of methoxy groups -OCH3 is 1. The normalized spacial score (nSPS) is 22.9. The summed E-state index contributed by atoms with van der Waals surface area (Å²) in [5.74, 6) is -0.229. The van der Waals surface area contributed by atoms with Crippen LogP contribution in [0.25, 0.3) is 0 Å². The lowest BCUT2D eigenvalue weighted by Gasteiger charge is -2.37. The number of rotatable bonds is 6. The lowest BCUT2D eigenvalue weighted by molar-refractivity contribution is -0.150. The summed E-state index contributed by atoms with van der Waals surface area (Å²) >= 11 is 0. The van der Waals surface area contributed by atoms with Gasteiger partial charge < -0.3 is 10.1 Å². The number of nitrogens with one attached hydrogen (secondary N) is 1. The quantitative estimate of drug-likeness (QED) is 0.754. The fourth-order valence-electron chi connectivity index (χ4n) is 2.83. The Kier molecular flexibility index (Phi) is 6.99. The van der Waals surface area contributed by atoms with Gasteiger partial charge in [0.05, 0.1) is 13.2 Å². The van der Waals surface area contributed by atoms with E-state index in [1.807, 2.05) is 18.7 Å². The highest BCUT2D eigenvalue weighted by molar-refractivity contribution is 5.83. The summed E-state index contributed by atoms with van der Waals surface area (Å²) in [5.41, 5.74) is 0. The van der Waals surface area contributed by atoms with E-state index in [0.717, 1.165) is 38.6 Å². The van der Waals surface area contributed by atoms with Gasteiger partial charge in [-0.25, -0.2) is 0 Å². The minimum Gasteiger partial charge on any atom is -0.468 e. The number of esters is 1. The Bertz CT molecular complexity index is 333. The molecule has 0 bridgehead atoms. The summed E-state index contributed by atoms with van der Waals surface area (Å²) in [6, 6.07) is -0.397. The summed E-state index contributed by atoms with van der Waals surface area (Å²) < 4.78 is 4.86. The minimum absolute atomic E-state index is 0.00162. The van der Waals surface area contributed by atoms with Crippen molar-refractivity contribution in [3.05, 3.63) is 0 Å². The standard InChI is InChI=1S/C15H28N2O3/c1-5-8-11(2)16-14(18)12(3)17-10-7-6-9-13(17)15(19)20-4/h11-13H,5-10H2,1-4H3,(H,16,18). The van der Waals surface area contributed by atoms with Crippen molar-refractivity contribution in [2.24, 2.45) is 0 Å². The van der Waals surface area contributed by atoms with Gasteiger partial charge in [0.15, 0.2) is 0 Å². The highest BCUT2D eigenvalue weighted by atomic mass is 16.5. The van der Waals surface area contributed by atoms with E-state index in [0.29, 0.717) is 0 Å². The molecule has 3 unspecified atom stereocenters. The van der Waals surface area contributed by atoms with E-state index < -0.39 is 0 Å². The molecule has 1 amide bonds. The number of likely N-dealkylation sites (tertiary alicyclic amines) is 1. The Morgan fingerprint density at radius 3 is 2.65 bits per heavy atom. The number of carbonyl (C=O) groups excluding carboxylic acids is 2. The average Bonchev–Trinajstić information content (AvgIpc) is 2.45. The summed E-state index contributed by atoms with van der Waals surface area (Å²) in [7, 11) is 1.41. The average molecular weight is 284 g/mol. The SMILES string of the molecule is CCCC(C)NC(=O)C(C)N1CCCCC1C(=O)OC. The molecule has 5 nitrogen and oxygen atoms in total. The second kappa shape index (κ2) is 8.25. The molecule has 0 aromatic heterocycles. The molecule has 1 rings (SSSR count). The van der Waals surface area contributed by atoms with Crippen LogP contribution in [-0.4, -0.2) is 48.6 Å². The third-order valence-electron chi connectivity index (χ3n) is 4.00. The first kappa shape index (κ1) is 17.0. The lowest BCUT2D eigenvalue weighted by atomic mass is 9.99. The smallest absolute Gasteiger partial charge is 0.323 e. The molecule has 0 saturated carbocycles. The van der Waals surface area contributed by atoms with Gasteiger partial charge in [-0.15, -0.1) is 0 Å². The summed E-state index contributed by atoms with van der Waals surface area (Å²) in [6.45, 7) is 6.76. The lowest BCUT2D eigenvalue weighted by Crippen LogP contribution is -2.55. The second-order valence-electron chi connectivity index (χ2n) is 5.65. The number of amides is 1. The van der Waals surface area contributed by atoms with Gasteiger partial charge in [0.1, 0.15) is 6.04 Å². The first-order valence-electron chi connectivity index (χ1n) is 7.65. The molecule has 1 fully saturated rings. The molecule has 20 heavy (non-hydrogen) atoms. The Balaban J connectivity index is 2.64. The van der Waals surface area contributed by atoms with E-state index in [1.165, 1.54) is 7.11 Å². The highest BCUT2D eigenvalue weighted by Gasteiger charge is 2.35. The molecule has 1 saturated heterocycles. The zero-order valence-electron chi connectivity index (χ0n) is 13.1. The van der Waals surface area contributed by atoms with Crippen molar-refractivity contribution in [3.8, 4) is 0 Å². The van der Waals surface area contributed by atoms with Crippen LogP contribution in [-0.2, 0) is 14.3 Å². The maximum Gasteiger partial charge on any atom is 0.323 e. The third-order valence-corrected chi connectivity index (χ3v) is 4.00.